The van der Waals surface area contributed by atoms with Crippen LogP contribution in [0, 0.1) is 17.5 Å². The third-order valence-electron chi connectivity index (χ3n) is 2.52. The molecule has 0 unspecified atom stereocenters. The fourth-order valence-electron chi connectivity index (χ4n) is 1.50. The number of aromatic nitrogens is 4. The third-order valence-corrected chi connectivity index (χ3v) is 2.95. The number of hydrogen-bond acceptors (Lipinski definition) is 5. The first-order valence-electron chi connectivity index (χ1n) is 5.89. The van der Waals surface area contributed by atoms with E-state index in [2.05, 4.69) is 14.7 Å². The predicted molar refractivity (Wildman–Crippen MR) is 74.7 cm³/mol. The highest BCUT2D eigenvalue weighted by Gasteiger charge is 2.12. The van der Waals surface area contributed by atoms with E-state index in [9.17, 15) is 18.0 Å². The van der Waals surface area contributed by atoms with Crippen LogP contribution in [0.2, 0.25) is 0 Å². The van der Waals surface area contributed by atoms with Gasteiger partial charge in [0.15, 0.2) is 17.5 Å². The van der Waals surface area contributed by atoms with E-state index in [1.807, 2.05) is 5.38 Å². The monoisotopic (exact) mass is 326 g/mol. The molecule has 0 amide bonds. The van der Waals surface area contributed by atoms with Crippen LogP contribution in [-0.4, -0.2) is 19.4 Å². The van der Waals surface area contributed by atoms with Crippen LogP contribution in [0.4, 0.5) is 13.2 Å². The summed E-state index contributed by atoms with van der Waals surface area (Å²) in [4.78, 5) is 11.1. The number of aryl methyl sites for hydroxylation is 1. The Kier molecular flexibility index (Phi) is 4.99. The van der Waals surface area contributed by atoms with E-state index in [0.717, 1.165) is 16.8 Å². The van der Waals surface area contributed by atoms with Crippen LogP contribution in [0.25, 0.3) is 11.3 Å². The number of hydrogen-bond donors (Lipinski definition) is 0. The van der Waals surface area contributed by atoms with E-state index in [1.54, 1.807) is 6.20 Å². The maximum absolute atomic E-state index is 13.0. The van der Waals surface area contributed by atoms with Crippen molar-refractivity contribution in [2.75, 3.05) is 0 Å². The molecule has 9 heteroatoms. The lowest BCUT2D eigenvalue weighted by Crippen LogP contribution is -2.18. The molecular weight excluding hydrogens is 317 g/mol. The zero-order valence-corrected chi connectivity index (χ0v) is 12.0. The Morgan fingerprint density at radius 2 is 1.82 bits per heavy atom. The molecule has 0 fully saturated rings. The maximum atomic E-state index is 13.0. The Hall–Kier alpha value is -2.55. The van der Waals surface area contributed by atoms with Crippen molar-refractivity contribution in [3.8, 4) is 11.3 Å². The van der Waals surface area contributed by atoms with Gasteiger partial charge in [0, 0.05) is 24.1 Å². The molecule has 0 bridgehead atoms. The molecule has 0 aliphatic rings. The van der Waals surface area contributed by atoms with E-state index in [1.165, 1.54) is 30.7 Å². The molecule has 114 valence electrons. The highest BCUT2D eigenvalue weighted by Crippen LogP contribution is 2.21. The van der Waals surface area contributed by atoms with Crippen molar-refractivity contribution < 1.29 is 13.2 Å². The molecule has 0 aliphatic heterocycles. The van der Waals surface area contributed by atoms with Crippen molar-refractivity contribution in [3.05, 3.63) is 63.6 Å². The first-order valence-corrected chi connectivity index (χ1v) is 6.73. The summed E-state index contributed by atoms with van der Waals surface area (Å²) in [6.07, 6.45) is 1.66. The summed E-state index contributed by atoms with van der Waals surface area (Å²) in [7, 11) is 1.40. The summed E-state index contributed by atoms with van der Waals surface area (Å²) in [6, 6.07) is 4.17. The molecule has 5 nitrogen and oxygen atoms in total. The van der Waals surface area contributed by atoms with Gasteiger partial charge in [-0.3, -0.25) is 4.79 Å². The highest BCUT2D eigenvalue weighted by molar-refractivity contribution is 7.03. The lowest BCUT2D eigenvalue weighted by Gasteiger charge is -2.04. The zero-order chi connectivity index (χ0) is 16.1. The predicted octanol–water partition coefficient (Wildman–Crippen LogP) is 2.40. The van der Waals surface area contributed by atoms with Gasteiger partial charge in [-0.1, -0.05) is 4.49 Å². The van der Waals surface area contributed by atoms with Gasteiger partial charge in [0.05, 0.1) is 11.9 Å². The van der Waals surface area contributed by atoms with Crippen LogP contribution in [-0.2, 0) is 7.05 Å². The van der Waals surface area contributed by atoms with Gasteiger partial charge in [0.25, 0.3) is 5.56 Å². The van der Waals surface area contributed by atoms with E-state index in [4.69, 9.17) is 0 Å². The first-order chi connectivity index (χ1) is 10.5. The molecule has 0 spiro atoms. The Morgan fingerprint density at radius 1 is 1.14 bits per heavy atom. The lowest BCUT2D eigenvalue weighted by molar-refractivity contribution is 0.447. The summed E-state index contributed by atoms with van der Waals surface area (Å²) in [6.45, 7) is 0. The molecule has 0 saturated carbocycles. The Morgan fingerprint density at radius 3 is 2.27 bits per heavy atom. The molecule has 2 heterocycles. The normalized spacial score (nSPS) is 10.0. The largest absolute Gasteiger partial charge is 0.268 e. The molecule has 1 aromatic carbocycles. The van der Waals surface area contributed by atoms with Crippen molar-refractivity contribution in [1.82, 2.24) is 19.4 Å². The molecule has 0 saturated heterocycles. The molecule has 2 aromatic heterocycles. The fourth-order valence-corrected chi connectivity index (χ4v) is 1.77. The molecule has 0 aliphatic carbocycles. The summed E-state index contributed by atoms with van der Waals surface area (Å²) in [5.41, 5.74) is -0.0984. The number of rotatable bonds is 1. The SMILES string of the molecule is Cn1nc(-c2cc(F)c(F)c(F)c2)ccc1=O.c1csnn1. The van der Waals surface area contributed by atoms with Crippen LogP contribution in [0.1, 0.15) is 0 Å². The molecule has 0 atom stereocenters. The maximum Gasteiger partial charge on any atom is 0.266 e. The molecule has 3 aromatic rings. The van der Waals surface area contributed by atoms with Crippen LogP contribution in [0.3, 0.4) is 0 Å². The van der Waals surface area contributed by atoms with Gasteiger partial charge < -0.3 is 0 Å². The minimum absolute atomic E-state index is 0.0667. The Bertz CT molecular complexity index is 780. The van der Waals surface area contributed by atoms with Crippen LogP contribution < -0.4 is 5.56 Å². The van der Waals surface area contributed by atoms with E-state index < -0.39 is 17.5 Å². The number of benzene rings is 1. The number of nitrogens with zero attached hydrogens (tertiary/aromatic N) is 4. The smallest absolute Gasteiger partial charge is 0.266 e. The average Bonchev–Trinajstić information content (AvgIpc) is 3.06. The molecule has 3 rings (SSSR count). The molecule has 0 radical (unpaired) electrons. The Balaban J connectivity index is 0.000000299. The number of halogens is 3. The van der Waals surface area contributed by atoms with Gasteiger partial charge in [0.1, 0.15) is 0 Å². The average molecular weight is 326 g/mol. The second-order valence-electron chi connectivity index (χ2n) is 4.02. The summed E-state index contributed by atoms with van der Waals surface area (Å²) in [5.74, 6) is -4.12. The van der Waals surface area contributed by atoms with Crippen molar-refractivity contribution in [1.29, 1.82) is 0 Å². The second-order valence-corrected chi connectivity index (χ2v) is 4.67. The highest BCUT2D eigenvalue weighted by atomic mass is 32.1. The van der Waals surface area contributed by atoms with Crippen molar-refractivity contribution in [3.63, 3.8) is 0 Å². The van der Waals surface area contributed by atoms with Crippen molar-refractivity contribution in [2.45, 2.75) is 0 Å². The van der Waals surface area contributed by atoms with Gasteiger partial charge in [-0.2, -0.15) is 5.10 Å². The quantitative estimate of drug-likeness (QED) is 0.644. The van der Waals surface area contributed by atoms with Gasteiger partial charge in [-0.15, -0.1) is 5.10 Å². The molecule has 0 N–H and O–H groups in total. The fraction of sp³-hybridized carbons (Fsp3) is 0.0769. The van der Waals surface area contributed by atoms with Gasteiger partial charge in [-0.05, 0) is 29.7 Å². The van der Waals surface area contributed by atoms with E-state index >= 15 is 0 Å². The second kappa shape index (κ2) is 6.94. The van der Waals surface area contributed by atoms with Gasteiger partial charge in [0.2, 0.25) is 0 Å². The van der Waals surface area contributed by atoms with E-state index in [-0.39, 0.29) is 16.8 Å². The van der Waals surface area contributed by atoms with Crippen molar-refractivity contribution in [2.24, 2.45) is 7.05 Å². The van der Waals surface area contributed by atoms with E-state index in [0.29, 0.717) is 0 Å². The van der Waals surface area contributed by atoms with Gasteiger partial charge >= 0.3 is 0 Å². The summed E-state index contributed by atoms with van der Waals surface area (Å²) < 4.78 is 43.3. The first kappa shape index (κ1) is 15.8. The van der Waals surface area contributed by atoms with Crippen LogP contribution in [0.5, 0.6) is 0 Å². The minimum Gasteiger partial charge on any atom is -0.268 e. The standard InChI is InChI=1S/C11H7F3N2O.C2H2N2S/c1-16-10(17)3-2-9(15-16)6-4-7(12)11(14)8(13)5-6;1-2-5-4-3-1/h2-5H,1H3;1-2H. The van der Waals surface area contributed by atoms with Crippen LogP contribution >= 0.6 is 11.5 Å². The summed E-state index contributed by atoms with van der Waals surface area (Å²) in [5, 5.41) is 9.11. The third kappa shape index (κ3) is 3.76. The van der Waals surface area contributed by atoms with Crippen LogP contribution in [0.15, 0.2) is 40.6 Å². The Labute approximate surface area is 126 Å². The molecule has 22 heavy (non-hydrogen) atoms. The minimum atomic E-state index is -1.53. The summed E-state index contributed by atoms with van der Waals surface area (Å²) >= 11 is 1.35. The van der Waals surface area contributed by atoms with Crippen molar-refractivity contribution >= 4 is 11.5 Å². The lowest BCUT2D eigenvalue weighted by atomic mass is 10.1. The van der Waals surface area contributed by atoms with Gasteiger partial charge in [-0.25, -0.2) is 17.9 Å². The molecular formula is C13H9F3N4OS. The topological polar surface area (TPSA) is 60.7 Å². The zero-order valence-electron chi connectivity index (χ0n) is 11.2.